The highest BCUT2D eigenvalue weighted by Gasteiger charge is 2.15. The molecule has 0 aromatic heterocycles. The molecule has 96 valence electrons. The minimum atomic E-state index is 0. The first kappa shape index (κ1) is 16.3. The van der Waals surface area contributed by atoms with Crippen molar-refractivity contribution in [3.05, 3.63) is 0 Å². The zero-order valence-electron chi connectivity index (χ0n) is 9.99. The molecule has 2 N–H and O–H groups in total. The van der Waals surface area contributed by atoms with Crippen LogP contribution in [0.5, 0.6) is 0 Å². The molecule has 0 spiro atoms. The van der Waals surface area contributed by atoms with Crippen LogP contribution in [0.1, 0.15) is 12.8 Å². The second-order valence-electron chi connectivity index (χ2n) is 3.51. The van der Waals surface area contributed by atoms with Crippen molar-refractivity contribution < 1.29 is 4.74 Å². The maximum Gasteiger partial charge on any atom is 0.191 e. The molecule has 0 bridgehead atoms. The van der Waals surface area contributed by atoms with Crippen LogP contribution in [0.25, 0.3) is 0 Å². The molecular weight excluding hydrogens is 337 g/mol. The van der Waals surface area contributed by atoms with E-state index in [9.17, 15) is 0 Å². The van der Waals surface area contributed by atoms with Gasteiger partial charge in [-0.15, -0.1) is 24.0 Å². The average molecular weight is 359 g/mol. The van der Waals surface area contributed by atoms with Gasteiger partial charge < -0.3 is 15.4 Å². The lowest BCUT2D eigenvalue weighted by Crippen LogP contribution is -2.41. The van der Waals surface area contributed by atoms with Crippen LogP contribution >= 0.6 is 35.7 Å². The normalized spacial score (nSPS) is 20.4. The first-order chi connectivity index (χ1) is 7.36. The summed E-state index contributed by atoms with van der Waals surface area (Å²) in [6.45, 7) is 2.72. The molecule has 1 aliphatic rings. The Bertz CT molecular complexity index is 199. The van der Waals surface area contributed by atoms with Crippen LogP contribution in [0.2, 0.25) is 0 Å². The fraction of sp³-hybridized carbons (Fsp3) is 0.900. The summed E-state index contributed by atoms with van der Waals surface area (Å²) in [5, 5.41) is 6.53. The Hall–Kier alpha value is 0.310. The monoisotopic (exact) mass is 359 g/mol. The van der Waals surface area contributed by atoms with Crippen molar-refractivity contribution in [3.8, 4) is 0 Å². The van der Waals surface area contributed by atoms with Gasteiger partial charge in [-0.05, 0) is 19.1 Å². The highest BCUT2D eigenvalue weighted by molar-refractivity contribution is 14.0. The smallest absolute Gasteiger partial charge is 0.191 e. The van der Waals surface area contributed by atoms with Crippen molar-refractivity contribution in [2.75, 3.05) is 38.8 Å². The summed E-state index contributed by atoms with van der Waals surface area (Å²) in [6.07, 6.45) is 4.81. The SMILES string of the molecule is CN=C(NCCSC)NCC1CCCO1.I. The molecule has 1 atom stereocenters. The first-order valence-corrected chi connectivity index (χ1v) is 6.81. The number of aliphatic imine (C=N–C) groups is 1. The highest BCUT2D eigenvalue weighted by atomic mass is 127. The molecule has 0 aromatic rings. The van der Waals surface area contributed by atoms with Crippen LogP contribution in [0.3, 0.4) is 0 Å². The largest absolute Gasteiger partial charge is 0.376 e. The standard InChI is InChI=1S/C10H21N3OS.HI/c1-11-10(12-5-7-15-2)13-8-9-4-3-6-14-9;/h9H,3-8H2,1-2H3,(H2,11,12,13);1H. The Morgan fingerprint density at radius 3 is 2.88 bits per heavy atom. The van der Waals surface area contributed by atoms with Gasteiger partial charge in [-0.25, -0.2) is 0 Å². The van der Waals surface area contributed by atoms with Gasteiger partial charge in [-0.2, -0.15) is 11.8 Å². The van der Waals surface area contributed by atoms with Gasteiger partial charge in [0.1, 0.15) is 0 Å². The van der Waals surface area contributed by atoms with Gasteiger partial charge >= 0.3 is 0 Å². The number of hydrogen-bond donors (Lipinski definition) is 2. The average Bonchev–Trinajstić information content (AvgIpc) is 2.76. The second kappa shape index (κ2) is 10.5. The third-order valence-corrected chi connectivity index (χ3v) is 2.96. The van der Waals surface area contributed by atoms with Crippen LogP contribution in [-0.4, -0.2) is 50.8 Å². The first-order valence-electron chi connectivity index (χ1n) is 5.42. The summed E-state index contributed by atoms with van der Waals surface area (Å²) < 4.78 is 5.52. The Kier molecular flexibility index (Phi) is 10.7. The molecule has 0 amide bonds. The summed E-state index contributed by atoms with van der Waals surface area (Å²) in [4.78, 5) is 4.15. The van der Waals surface area contributed by atoms with E-state index < -0.39 is 0 Å². The molecule has 16 heavy (non-hydrogen) atoms. The molecule has 0 radical (unpaired) electrons. The Labute approximate surface area is 119 Å². The topological polar surface area (TPSA) is 45.7 Å². The van der Waals surface area contributed by atoms with Crippen molar-refractivity contribution in [1.29, 1.82) is 0 Å². The number of ether oxygens (including phenoxy) is 1. The third kappa shape index (κ3) is 6.80. The molecule has 4 nitrogen and oxygen atoms in total. The number of nitrogens with zero attached hydrogens (tertiary/aromatic N) is 1. The molecule has 0 aromatic carbocycles. The van der Waals surface area contributed by atoms with Crippen molar-refractivity contribution in [2.24, 2.45) is 4.99 Å². The summed E-state index contributed by atoms with van der Waals surface area (Å²) >= 11 is 1.83. The number of hydrogen-bond acceptors (Lipinski definition) is 3. The lowest BCUT2D eigenvalue weighted by Gasteiger charge is -2.14. The lowest BCUT2D eigenvalue weighted by atomic mass is 10.2. The van der Waals surface area contributed by atoms with Crippen molar-refractivity contribution in [3.63, 3.8) is 0 Å². The van der Waals surface area contributed by atoms with Crippen LogP contribution < -0.4 is 10.6 Å². The lowest BCUT2D eigenvalue weighted by molar-refractivity contribution is 0.114. The zero-order chi connectivity index (χ0) is 10.9. The second-order valence-corrected chi connectivity index (χ2v) is 4.49. The molecule has 1 aliphatic heterocycles. The van der Waals surface area contributed by atoms with E-state index >= 15 is 0 Å². The molecule has 1 saturated heterocycles. The number of halogens is 1. The fourth-order valence-electron chi connectivity index (χ4n) is 1.51. The molecule has 0 saturated carbocycles. The van der Waals surface area contributed by atoms with Gasteiger partial charge in [-0.1, -0.05) is 0 Å². The summed E-state index contributed by atoms with van der Waals surface area (Å²) in [6, 6.07) is 0. The van der Waals surface area contributed by atoms with E-state index in [4.69, 9.17) is 4.74 Å². The van der Waals surface area contributed by atoms with E-state index in [0.29, 0.717) is 6.10 Å². The maximum absolute atomic E-state index is 5.52. The quantitative estimate of drug-likeness (QED) is 0.336. The zero-order valence-corrected chi connectivity index (χ0v) is 13.1. The van der Waals surface area contributed by atoms with Gasteiger partial charge in [0.05, 0.1) is 6.10 Å². The molecule has 1 unspecified atom stereocenters. The Balaban J connectivity index is 0.00000225. The Morgan fingerprint density at radius 1 is 1.50 bits per heavy atom. The molecule has 1 rings (SSSR count). The minimum Gasteiger partial charge on any atom is -0.376 e. The molecule has 1 heterocycles. The van der Waals surface area contributed by atoms with E-state index in [1.165, 1.54) is 6.42 Å². The van der Waals surface area contributed by atoms with Gasteiger partial charge in [0.25, 0.3) is 0 Å². The predicted molar refractivity (Wildman–Crippen MR) is 82.1 cm³/mol. The number of thioether (sulfide) groups is 1. The molecule has 6 heteroatoms. The van der Waals surface area contributed by atoms with Crippen molar-refractivity contribution in [1.82, 2.24) is 10.6 Å². The van der Waals surface area contributed by atoms with Crippen molar-refractivity contribution >= 4 is 41.7 Å². The molecular formula is C10H22IN3OS. The number of nitrogens with one attached hydrogen (secondary N) is 2. The van der Waals surface area contributed by atoms with Crippen LogP contribution in [0.15, 0.2) is 4.99 Å². The Morgan fingerprint density at radius 2 is 2.31 bits per heavy atom. The van der Waals surface area contributed by atoms with Crippen LogP contribution in [0.4, 0.5) is 0 Å². The van der Waals surface area contributed by atoms with Crippen LogP contribution in [-0.2, 0) is 4.74 Å². The van der Waals surface area contributed by atoms with Gasteiger partial charge in [0, 0.05) is 32.5 Å². The van der Waals surface area contributed by atoms with E-state index in [1.807, 2.05) is 11.8 Å². The van der Waals surface area contributed by atoms with Gasteiger partial charge in [0.2, 0.25) is 0 Å². The highest BCUT2D eigenvalue weighted by Crippen LogP contribution is 2.10. The van der Waals surface area contributed by atoms with E-state index in [0.717, 1.165) is 37.8 Å². The van der Waals surface area contributed by atoms with Gasteiger partial charge in [-0.3, -0.25) is 4.99 Å². The summed E-state index contributed by atoms with van der Waals surface area (Å²) in [5.41, 5.74) is 0. The van der Waals surface area contributed by atoms with E-state index in [1.54, 1.807) is 7.05 Å². The number of rotatable bonds is 5. The predicted octanol–water partition coefficient (Wildman–Crippen LogP) is 1.31. The minimum absolute atomic E-state index is 0. The number of guanidine groups is 1. The van der Waals surface area contributed by atoms with Crippen molar-refractivity contribution in [2.45, 2.75) is 18.9 Å². The fourth-order valence-corrected chi connectivity index (χ4v) is 1.81. The van der Waals surface area contributed by atoms with Crippen LogP contribution in [0, 0.1) is 0 Å². The van der Waals surface area contributed by atoms with E-state index in [2.05, 4.69) is 21.9 Å². The molecule has 1 fully saturated rings. The van der Waals surface area contributed by atoms with E-state index in [-0.39, 0.29) is 24.0 Å². The van der Waals surface area contributed by atoms with Gasteiger partial charge in [0.15, 0.2) is 5.96 Å². The summed E-state index contributed by atoms with van der Waals surface area (Å²) in [7, 11) is 1.80. The molecule has 0 aliphatic carbocycles. The third-order valence-electron chi connectivity index (χ3n) is 2.34. The summed E-state index contributed by atoms with van der Waals surface area (Å²) in [5.74, 6) is 1.97. The maximum atomic E-state index is 5.52.